The van der Waals surface area contributed by atoms with Crippen LogP contribution >= 0.6 is 11.6 Å². The van der Waals surface area contributed by atoms with E-state index in [2.05, 4.69) is 40.7 Å². The zero-order valence-corrected chi connectivity index (χ0v) is 23.2. The van der Waals surface area contributed by atoms with E-state index in [4.69, 9.17) is 21.1 Å². The summed E-state index contributed by atoms with van der Waals surface area (Å²) < 4.78 is 8.61. The van der Waals surface area contributed by atoms with Gasteiger partial charge in [0.2, 0.25) is 12.3 Å². The molecule has 1 saturated heterocycles. The molecule has 2 amide bonds. The van der Waals surface area contributed by atoms with Gasteiger partial charge in [-0.05, 0) is 87.7 Å². The van der Waals surface area contributed by atoms with Gasteiger partial charge in [0.15, 0.2) is 0 Å². The fourth-order valence-corrected chi connectivity index (χ4v) is 6.02. The molecule has 9 heteroatoms. The molecule has 1 aromatic heterocycles. The van der Waals surface area contributed by atoms with E-state index in [-0.39, 0.29) is 17.6 Å². The molecule has 0 bridgehead atoms. The second kappa shape index (κ2) is 12.5. The third-order valence-corrected chi connectivity index (χ3v) is 8.00. The summed E-state index contributed by atoms with van der Waals surface area (Å²) in [6, 6.07) is 4.28. The van der Waals surface area contributed by atoms with Crippen molar-refractivity contribution in [1.82, 2.24) is 20.1 Å². The van der Waals surface area contributed by atoms with Gasteiger partial charge in [0.25, 0.3) is 0 Å². The number of nitrogens with one attached hydrogen (secondary N) is 2. The van der Waals surface area contributed by atoms with Crippen molar-refractivity contribution in [2.24, 2.45) is 0 Å². The number of aldehydes is 1. The van der Waals surface area contributed by atoms with Crippen LogP contribution in [0.25, 0.3) is 10.9 Å². The van der Waals surface area contributed by atoms with Crippen molar-refractivity contribution in [3.63, 3.8) is 0 Å². The summed E-state index contributed by atoms with van der Waals surface area (Å²) in [5.41, 5.74) is 4.51. The number of hydrogen-bond acceptors (Lipinski definition) is 5. The lowest BCUT2D eigenvalue weighted by Crippen LogP contribution is -2.57. The molecule has 3 fully saturated rings. The fraction of sp³-hybridized carbons (Fsp3) is 0.552. The molecule has 0 spiro atoms. The first-order chi connectivity index (χ1) is 18.3. The van der Waals surface area contributed by atoms with E-state index in [0.717, 1.165) is 79.5 Å². The molecule has 8 nitrogen and oxygen atoms in total. The Morgan fingerprint density at radius 3 is 2.53 bits per heavy atom. The first-order valence-corrected chi connectivity index (χ1v) is 13.8. The molecular formula is C29H39ClN4O4. The van der Waals surface area contributed by atoms with E-state index in [1.165, 1.54) is 17.3 Å². The second-order valence-electron chi connectivity index (χ2n) is 10.8. The number of halogens is 1. The lowest BCUT2D eigenvalue weighted by molar-refractivity contribution is -0.123. The lowest BCUT2D eigenvalue weighted by atomic mass is 9.80. The van der Waals surface area contributed by atoms with Crippen molar-refractivity contribution in [2.75, 3.05) is 33.3 Å². The Labute approximate surface area is 229 Å². The molecule has 38 heavy (non-hydrogen) atoms. The highest BCUT2D eigenvalue weighted by molar-refractivity contribution is 6.31. The minimum absolute atomic E-state index is 0.0717. The van der Waals surface area contributed by atoms with Gasteiger partial charge in [-0.2, -0.15) is 0 Å². The molecular weight excluding hydrogens is 504 g/mol. The molecule has 1 aliphatic heterocycles. The van der Waals surface area contributed by atoms with Crippen molar-refractivity contribution >= 4 is 41.1 Å². The molecule has 0 radical (unpaired) electrons. The quantitative estimate of drug-likeness (QED) is 0.316. The third-order valence-electron chi connectivity index (χ3n) is 7.78. The average Bonchev–Trinajstić information content (AvgIpc) is 3.63. The van der Waals surface area contributed by atoms with E-state index in [1.54, 1.807) is 0 Å². The van der Waals surface area contributed by atoms with Crippen LogP contribution < -0.4 is 10.6 Å². The standard InChI is InChI=1S/C26H35ClN4O3.C3H4O/c1-17-10-19(27)11-22-21(6-9-34-26(7-3-8-26)15-28-16-32)25(18-4-5-18)31(24(17)22)14-23(33)29-20-12-30(2)13-20;1-2-3-4/h10-11,16,18,20H,3-9,12-15H2,1-2H3,(H,28,32)(H,29,33);2-3H,1H2. The van der Waals surface area contributed by atoms with Crippen molar-refractivity contribution < 1.29 is 19.1 Å². The highest BCUT2D eigenvalue weighted by atomic mass is 35.5. The fourth-order valence-electron chi connectivity index (χ4n) is 5.74. The normalized spacial score (nSPS) is 18.5. The maximum Gasteiger partial charge on any atom is 0.240 e. The van der Waals surface area contributed by atoms with Gasteiger partial charge in [0.05, 0.1) is 23.8 Å². The van der Waals surface area contributed by atoms with Gasteiger partial charge in [0, 0.05) is 35.7 Å². The number of likely N-dealkylation sites (N-methyl/N-ethyl adjacent to an activating group) is 1. The number of rotatable bonds is 12. The largest absolute Gasteiger partial charge is 0.373 e. The first kappa shape index (κ1) is 28.3. The van der Waals surface area contributed by atoms with Crippen LogP contribution in [-0.2, 0) is 32.1 Å². The Hall–Kier alpha value is -2.68. The smallest absolute Gasteiger partial charge is 0.240 e. The number of fused-ring (bicyclic) bond motifs is 1. The number of benzene rings is 1. The number of carbonyl (C=O) groups is 3. The van der Waals surface area contributed by atoms with E-state index in [0.29, 0.717) is 31.9 Å². The number of aryl methyl sites for hydroxylation is 1. The molecule has 3 aliphatic rings. The predicted molar refractivity (Wildman–Crippen MR) is 150 cm³/mol. The van der Waals surface area contributed by atoms with Gasteiger partial charge in [-0.1, -0.05) is 18.2 Å². The molecule has 2 saturated carbocycles. The van der Waals surface area contributed by atoms with Crippen LogP contribution in [0, 0.1) is 6.92 Å². The number of allylic oxidation sites excluding steroid dienone is 1. The Morgan fingerprint density at radius 1 is 1.26 bits per heavy atom. The molecule has 2 aromatic rings. The Morgan fingerprint density at radius 2 is 1.97 bits per heavy atom. The minimum atomic E-state index is -0.234. The molecule has 5 rings (SSSR count). The van der Waals surface area contributed by atoms with Gasteiger partial charge in [-0.25, -0.2) is 0 Å². The Bertz CT molecular complexity index is 1170. The van der Waals surface area contributed by atoms with Gasteiger partial charge in [-0.15, -0.1) is 0 Å². The highest BCUT2D eigenvalue weighted by Crippen LogP contribution is 2.46. The number of hydrogen-bond donors (Lipinski definition) is 2. The van der Waals surface area contributed by atoms with Gasteiger partial charge >= 0.3 is 0 Å². The summed E-state index contributed by atoms with van der Waals surface area (Å²) >= 11 is 6.50. The van der Waals surface area contributed by atoms with Crippen LogP contribution in [0.1, 0.15) is 54.8 Å². The van der Waals surface area contributed by atoms with Crippen LogP contribution in [0.5, 0.6) is 0 Å². The van der Waals surface area contributed by atoms with Gasteiger partial charge in [0.1, 0.15) is 12.8 Å². The zero-order chi connectivity index (χ0) is 27.3. The molecule has 0 atom stereocenters. The maximum atomic E-state index is 13.0. The molecule has 2 aliphatic carbocycles. The summed E-state index contributed by atoms with van der Waals surface area (Å²) in [5.74, 6) is 0.556. The number of nitrogens with zero attached hydrogens (tertiary/aromatic N) is 2. The van der Waals surface area contributed by atoms with Gasteiger partial charge < -0.3 is 24.8 Å². The Kier molecular flexibility index (Phi) is 9.28. The van der Waals surface area contributed by atoms with E-state index in [9.17, 15) is 9.59 Å². The van der Waals surface area contributed by atoms with Crippen LogP contribution in [0.15, 0.2) is 24.8 Å². The summed E-state index contributed by atoms with van der Waals surface area (Å²) in [6.07, 6.45) is 8.75. The molecule has 206 valence electrons. The monoisotopic (exact) mass is 542 g/mol. The van der Waals surface area contributed by atoms with Crippen LogP contribution in [0.3, 0.4) is 0 Å². The SMILES string of the molecule is C=CC=O.Cc1cc(Cl)cc2c(CCOC3(CNC=O)CCC3)c(C3CC3)n(CC(=O)NC3CN(C)C3)c12. The molecule has 1 aromatic carbocycles. The van der Waals surface area contributed by atoms with Crippen LogP contribution in [0.4, 0.5) is 0 Å². The van der Waals surface area contributed by atoms with Crippen LogP contribution in [0.2, 0.25) is 5.02 Å². The molecule has 0 unspecified atom stereocenters. The highest BCUT2D eigenvalue weighted by Gasteiger charge is 2.38. The summed E-state index contributed by atoms with van der Waals surface area (Å²) in [7, 11) is 2.07. The second-order valence-corrected chi connectivity index (χ2v) is 11.3. The maximum absolute atomic E-state index is 13.0. The topological polar surface area (TPSA) is 92.7 Å². The van der Waals surface area contributed by atoms with E-state index >= 15 is 0 Å². The number of amides is 2. The molecule has 2 heterocycles. The number of likely N-dealkylation sites (tertiary alicyclic amines) is 1. The van der Waals surface area contributed by atoms with Crippen molar-refractivity contribution in [3.8, 4) is 0 Å². The molecule has 2 N–H and O–H groups in total. The summed E-state index contributed by atoms with van der Waals surface area (Å²) in [4.78, 5) is 35.1. The number of aromatic nitrogens is 1. The van der Waals surface area contributed by atoms with Gasteiger partial charge in [-0.3, -0.25) is 14.4 Å². The first-order valence-electron chi connectivity index (χ1n) is 13.5. The third kappa shape index (κ3) is 6.47. The van der Waals surface area contributed by atoms with Crippen molar-refractivity contribution in [2.45, 2.75) is 69.6 Å². The average molecular weight is 543 g/mol. The summed E-state index contributed by atoms with van der Waals surface area (Å²) in [5, 5.41) is 7.86. The predicted octanol–water partition coefficient (Wildman–Crippen LogP) is 3.51. The summed E-state index contributed by atoms with van der Waals surface area (Å²) in [6.45, 7) is 8.49. The van der Waals surface area contributed by atoms with E-state index < -0.39 is 0 Å². The van der Waals surface area contributed by atoms with Crippen LogP contribution in [-0.4, -0.2) is 73.0 Å². The number of carbonyl (C=O) groups excluding carboxylic acids is 3. The minimum Gasteiger partial charge on any atom is -0.373 e. The zero-order valence-electron chi connectivity index (χ0n) is 22.4. The van der Waals surface area contributed by atoms with E-state index in [1.807, 2.05) is 12.1 Å². The Balaban J connectivity index is 0.000000786. The van der Waals surface area contributed by atoms with Crippen molar-refractivity contribution in [3.05, 3.63) is 46.6 Å². The lowest BCUT2D eigenvalue weighted by Gasteiger charge is -2.41. The number of ether oxygens (including phenoxy) is 1. The van der Waals surface area contributed by atoms with Crippen molar-refractivity contribution in [1.29, 1.82) is 0 Å².